The topological polar surface area (TPSA) is 85.6 Å². The first-order valence-corrected chi connectivity index (χ1v) is 7.01. The fraction of sp³-hybridized carbons (Fsp3) is 0.250. The molecule has 0 aliphatic heterocycles. The van der Waals surface area contributed by atoms with Crippen LogP contribution in [-0.4, -0.2) is 35.0 Å². The van der Waals surface area contributed by atoms with Gasteiger partial charge in [-0.2, -0.15) is 10.2 Å². The molecule has 1 N–H and O–H groups in total. The van der Waals surface area contributed by atoms with Gasteiger partial charge in [-0.3, -0.25) is 9.48 Å². The Labute approximate surface area is 134 Å². The molecule has 0 spiro atoms. The molecule has 0 atom stereocenters. The van der Waals surface area contributed by atoms with Gasteiger partial charge in [-0.05, 0) is 26.0 Å². The lowest BCUT2D eigenvalue weighted by Gasteiger charge is -2.04. The number of aryl methyl sites for hydroxylation is 2. The van der Waals surface area contributed by atoms with Crippen LogP contribution in [0.1, 0.15) is 27.3 Å². The Morgan fingerprint density at radius 2 is 2.09 bits per heavy atom. The Balaban J connectivity index is 2.00. The number of carbonyl (C=O) groups is 2. The highest BCUT2D eigenvalue weighted by molar-refractivity contribution is 5.99. The molecule has 0 saturated heterocycles. The van der Waals surface area contributed by atoms with Crippen LogP contribution < -0.4 is 5.43 Å². The minimum absolute atomic E-state index is 0.0790. The highest BCUT2D eigenvalue weighted by Gasteiger charge is 2.09. The van der Waals surface area contributed by atoms with Gasteiger partial charge in [-0.1, -0.05) is 18.2 Å². The standard InChI is InChI=1S/C16H18N4O3/c1-11-8-12(2)20(19-11)10-15(21)18-17-9-13-6-4-5-7-14(13)16(22)23-3/h4-9H,10H2,1-3H3,(H,18,21)/b17-9-. The zero-order valence-electron chi connectivity index (χ0n) is 13.2. The molecular weight excluding hydrogens is 296 g/mol. The highest BCUT2D eigenvalue weighted by Crippen LogP contribution is 2.07. The van der Waals surface area contributed by atoms with E-state index in [-0.39, 0.29) is 12.5 Å². The third-order valence-corrected chi connectivity index (χ3v) is 3.16. The Hall–Kier alpha value is -2.96. The number of nitrogens with one attached hydrogen (secondary N) is 1. The molecule has 0 radical (unpaired) electrons. The van der Waals surface area contributed by atoms with Crippen molar-refractivity contribution in [1.29, 1.82) is 0 Å². The number of rotatable bonds is 5. The molecule has 120 valence electrons. The zero-order chi connectivity index (χ0) is 16.8. The molecule has 2 aromatic rings. The SMILES string of the molecule is COC(=O)c1ccccc1/C=N\NC(=O)Cn1nc(C)cc1C. The zero-order valence-corrected chi connectivity index (χ0v) is 13.2. The van der Waals surface area contributed by atoms with E-state index >= 15 is 0 Å². The highest BCUT2D eigenvalue weighted by atomic mass is 16.5. The molecule has 0 bridgehead atoms. The maximum Gasteiger partial charge on any atom is 0.338 e. The number of hydrogen-bond donors (Lipinski definition) is 1. The third kappa shape index (κ3) is 4.26. The van der Waals surface area contributed by atoms with Gasteiger partial charge in [0.25, 0.3) is 5.91 Å². The van der Waals surface area contributed by atoms with E-state index in [2.05, 4.69) is 15.6 Å². The summed E-state index contributed by atoms with van der Waals surface area (Å²) in [6.07, 6.45) is 1.41. The lowest BCUT2D eigenvalue weighted by molar-refractivity contribution is -0.121. The van der Waals surface area contributed by atoms with E-state index in [4.69, 9.17) is 4.74 Å². The van der Waals surface area contributed by atoms with Gasteiger partial charge in [0.1, 0.15) is 6.54 Å². The maximum atomic E-state index is 11.9. The van der Waals surface area contributed by atoms with Gasteiger partial charge in [-0.25, -0.2) is 10.2 Å². The summed E-state index contributed by atoms with van der Waals surface area (Å²) < 4.78 is 6.30. The molecule has 1 heterocycles. The van der Waals surface area contributed by atoms with Crippen molar-refractivity contribution in [3.8, 4) is 0 Å². The van der Waals surface area contributed by atoms with Crippen LogP contribution in [0, 0.1) is 13.8 Å². The number of hydrazone groups is 1. The smallest absolute Gasteiger partial charge is 0.338 e. The van der Waals surface area contributed by atoms with Crippen molar-refractivity contribution in [3.05, 3.63) is 52.8 Å². The van der Waals surface area contributed by atoms with Gasteiger partial charge in [0.2, 0.25) is 0 Å². The van der Waals surface area contributed by atoms with Crippen molar-refractivity contribution in [2.75, 3.05) is 7.11 Å². The second-order valence-electron chi connectivity index (χ2n) is 4.96. The van der Waals surface area contributed by atoms with Crippen molar-refractivity contribution >= 4 is 18.1 Å². The molecule has 0 unspecified atom stereocenters. The summed E-state index contributed by atoms with van der Waals surface area (Å²) in [4.78, 5) is 23.5. The number of nitrogens with zero attached hydrogens (tertiary/aromatic N) is 3. The van der Waals surface area contributed by atoms with Gasteiger partial charge >= 0.3 is 5.97 Å². The number of aromatic nitrogens is 2. The second kappa shape index (κ2) is 7.35. The second-order valence-corrected chi connectivity index (χ2v) is 4.96. The Kier molecular flexibility index (Phi) is 5.24. The molecule has 0 aliphatic carbocycles. The molecule has 0 saturated carbocycles. The Bertz CT molecular complexity index is 750. The van der Waals surface area contributed by atoms with Crippen LogP contribution in [0.15, 0.2) is 35.4 Å². The molecule has 1 amide bonds. The maximum absolute atomic E-state index is 11.9. The van der Waals surface area contributed by atoms with E-state index in [1.165, 1.54) is 13.3 Å². The lowest BCUT2D eigenvalue weighted by Crippen LogP contribution is -2.24. The number of hydrogen-bond acceptors (Lipinski definition) is 5. The molecular formula is C16H18N4O3. The summed E-state index contributed by atoms with van der Waals surface area (Å²) in [5.41, 5.74) is 5.11. The van der Waals surface area contributed by atoms with Crippen molar-refractivity contribution in [1.82, 2.24) is 15.2 Å². The van der Waals surface area contributed by atoms with Gasteiger partial charge in [0.05, 0.1) is 24.6 Å². The van der Waals surface area contributed by atoms with Crippen LogP contribution >= 0.6 is 0 Å². The Morgan fingerprint density at radius 3 is 2.74 bits per heavy atom. The fourth-order valence-electron chi connectivity index (χ4n) is 2.09. The average Bonchev–Trinajstić information content (AvgIpc) is 2.84. The van der Waals surface area contributed by atoms with E-state index < -0.39 is 5.97 Å². The molecule has 2 rings (SSSR count). The number of methoxy groups -OCH3 is 1. The van der Waals surface area contributed by atoms with Crippen LogP contribution in [0.3, 0.4) is 0 Å². The predicted molar refractivity (Wildman–Crippen MR) is 85.2 cm³/mol. The molecule has 0 fully saturated rings. The van der Waals surface area contributed by atoms with Gasteiger partial charge < -0.3 is 4.74 Å². The van der Waals surface area contributed by atoms with Crippen molar-refractivity contribution in [2.45, 2.75) is 20.4 Å². The number of ether oxygens (including phenoxy) is 1. The summed E-state index contributed by atoms with van der Waals surface area (Å²) in [5.74, 6) is -0.760. The van der Waals surface area contributed by atoms with E-state index in [0.717, 1.165) is 11.4 Å². The molecule has 0 aliphatic rings. The summed E-state index contributed by atoms with van der Waals surface area (Å²) in [6.45, 7) is 3.82. The molecule has 1 aromatic heterocycles. The van der Waals surface area contributed by atoms with Gasteiger partial charge in [-0.15, -0.1) is 0 Å². The summed E-state index contributed by atoms with van der Waals surface area (Å²) >= 11 is 0. The largest absolute Gasteiger partial charge is 0.465 e. The summed E-state index contributed by atoms with van der Waals surface area (Å²) in [7, 11) is 1.31. The van der Waals surface area contributed by atoms with Crippen molar-refractivity contribution < 1.29 is 14.3 Å². The number of esters is 1. The molecule has 7 heteroatoms. The van der Waals surface area contributed by atoms with Crippen LogP contribution in [0.5, 0.6) is 0 Å². The number of carbonyl (C=O) groups excluding carboxylic acids is 2. The molecule has 23 heavy (non-hydrogen) atoms. The van der Waals surface area contributed by atoms with Crippen LogP contribution in [-0.2, 0) is 16.1 Å². The minimum atomic E-state index is -0.457. The van der Waals surface area contributed by atoms with Crippen LogP contribution in [0.2, 0.25) is 0 Å². The lowest BCUT2D eigenvalue weighted by atomic mass is 10.1. The minimum Gasteiger partial charge on any atom is -0.465 e. The fourth-order valence-corrected chi connectivity index (χ4v) is 2.09. The first kappa shape index (κ1) is 16.4. The number of benzene rings is 1. The van der Waals surface area contributed by atoms with Crippen molar-refractivity contribution in [2.24, 2.45) is 5.10 Å². The predicted octanol–water partition coefficient (Wildman–Crippen LogP) is 1.44. The van der Waals surface area contributed by atoms with E-state index in [0.29, 0.717) is 11.1 Å². The number of amides is 1. The third-order valence-electron chi connectivity index (χ3n) is 3.16. The van der Waals surface area contributed by atoms with E-state index in [1.807, 2.05) is 19.9 Å². The van der Waals surface area contributed by atoms with Crippen LogP contribution in [0.25, 0.3) is 0 Å². The first-order chi connectivity index (χ1) is 11.0. The van der Waals surface area contributed by atoms with E-state index in [9.17, 15) is 9.59 Å². The Morgan fingerprint density at radius 1 is 1.35 bits per heavy atom. The van der Waals surface area contributed by atoms with Crippen molar-refractivity contribution in [3.63, 3.8) is 0 Å². The van der Waals surface area contributed by atoms with Gasteiger partial charge in [0, 0.05) is 11.3 Å². The van der Waals surface area contributed by atoms with Gasteiger partial charge in [0.15, 0.2) is 0 Å². The van der Waals surface area contributed by atoms with E-state index in [1.54, 1.807) is 28.9 Å². The first-order valence-electron chi connectivity index (χ1n) is 7.01. The normalized spacial score (nSPS) is 10.7. The van der Waals surface area contributed by atoms with Crippen LogP contribution in [0.4, 0.5) is 0 Å². The quantitative estimate of drug-likeness (QED) is 0.514. The molecule has 1 aromatic carbocycles. The molecule has 7 nitrogen and oxygen atoms in total. The summed E-state index contributed by atoms with van der Waals surface area (Å²) in [6, 6.07) is 8.73. The summed E-state index contributed by atoms with van der Waals surface area (Å²) in [5, 5.41) is 8.09. The monoisotopic (exact) mass is 314 g/mol. The average molecular weight is 314 g/mol.